The maximum absolute atomic E-state index is 10.6. The van der Waals surface area contributed by atoms with Crippen LogP contribution < -0.4 is 10.6 Å². The predicted octanol–water partition coefficient (Wildman–Crippen LogP) is 0.705. The number of nitrogens with zero attached hydrogens (tertiary/aromatic N) is 3. The van der Waals surface area contributed by atoms with E-state index in [0.717, 1.165) is 0 Å². The summed E-state index contributed by atoms with van der Waals surface area (Å²) >= 11 is 11.4. The third-order valence-electron chi connectivity index (χ3n) is 1.45. The monoisotopic (exact) mass is 234 g/mol. The molecule has 5 nitrogen and oxygen atoms in total. The number of aromatic nitrogens is 2. The number of hydrogen-bond donors (Lipinski definition) is 1. The second-order valence-electron chi connectivity index (χ2n) is 2.63. The van der Waals surface area contributed by atoms with Crippen molar-refractivity contribution in [2.75, 3.05) is 18.5 Å². The van der Waals surface area contributed by atoms with Crippen LogP contribution >= 0.6 is 23.2 Å². The molecule has 14 heavy (non-hydrogen) atoms. The van der Waals surface area contributed by atoms with E-state index in [-0.39, 0.29) is 11.8 Å². The summed E-state index contributed by atoms with van der Waals surface area (Å²) in [6.07, 6.45) is 1.36. The second-order valence-corrected chi connectivity index (χ2v) is 3.38. The lowest BCUT2D eigenvalue weighted by molar-refractivity contribution is -0.116. The molecular formula is C7H8Cl2N4O. The standard InChI is InChI=1S/C7H8Cl2N4O/c1-13(3-5(10)14)6-4(8)2-11-7(9)12-6/h2H,3H2,1H3,(H2,10,14). The second kappa shape index (κ2) is 4.43. The van der Waals surface area contributed by atoms with Gasteiger partial charge in [0.15, 0.2) is 5.82 Å². The number of hydrogen-bond acceptors (Lipinski definition) is 4. The maximum Gasteiger partial charge on any atom is 0.236 e. The van der Waals surface area contributed by atoms with E-state index in [1.807, 2.05) is 0 Å². The van der Waals surface area contributed by atoms with E-state index in [2.05, 4.69) is 9.97 Å². The zero-order valence-corrected chi connectivity index (χ0v) is 8.88. The average molecular weight is 235 g/mol. The maximum atomic E-state index is 10.6. The van der Waals surface area contributed by atoms with Gasteiger partial charge in [0.1, 0.15) is 5.02 Å². The number of halogens is 2. The number of primary amides is 1. The molecule has 76 valence electrons. The molecule has 0 radical (unpaired) electrons. The summed E-state index contributed by atoms with van der Waals surface area (Å²) in [6.45, 7) is 0.0209. The molecule has 0 bridgehead atoms. The summed E-state index contributed by atoms with van der Waals surface area (Å²) in [7, 11) is 1.63. The van der Waals surface area contributed by atoms with Gasteiger partial charge in [0.05, 0.1) is 12.7 Å². The fraction of sp³-hybridized carbons (Fsp3) is 0.286. The van der Waals surface area contributed by atoms with Crippen LogP contribution in [0.25, 0.3) is 0 Å². The van der Waals surface area contributed by atoms with Gasteiger partial charge in [-0.1, -0.05) is 11.6 Å². The van der Waals surface area contributed by atoms with Crippen molar-refractivity contribution in [3.05, 3.63) is 16.5 Å². The lowest BCUT2D eigenvalue weighted by Crippen LogP contribution is -2.31. The topological polar surface area (TPSA) is 72.1 Å². The van der Waals surface area contributed by atoms with Gasteiger partial charge in [-0.2, -0.15) is 4.98 Å². The molecule has 0 aromatic carbocycles. The van der Waals surface area contributed by atoms with Crippen LogP contribution in [-0.2, 0) is 4.79 Å². The first-order valence-electron chi connectivity index (χ1n) is 3.68. The van der Waals surface area contributed by atoms with E-state index in [1.165, 1.54) is 11.1 Å². The minimum absolute atomic E-state index is 0.0209. The Hall–Kier alpha value is -1.07. The number of nitrogens with two attached hydrogens (primary N) is 1. The molecule has 1 amide bonds. The van der Waals surface area contributed by atoms with E-state index in [9.17, 15) is 4.79 Å². The number of carbonyl (C=O) groups is 1. The first-order valence-corrected chi connectivity index (χ1v) is 4.43. The Morgan fingerprint density at radius 1 is 1.64 bits per heavy atom. The molecular weight excluding hydrogens is 227 g/mol. The molecule has 0 saturated carbocycles. The van der Waals surface area contributed by atoms with Gasteiger partial charge in [-0.15, -0.1) is 0 Å². The molecule has 1 heterocycles. The highest BCUT2D eigenvalue weighted by Crippen LogP contribution is 2.22. The highest BCUT2D eigenvalue weighted by Gasteiger charge is 2.11. The Labute approximate surface area is 90.8 Å². The van der Waals surface area contributed by atoms with Crippen LogP contribution in [0.5, 0.6) is 0 Å². The fourth-order valence-electron chi connectivity index (χ4n) is 0.914. The largest absolute Gasteiger partial charge is 0.368 e. The van der Waals surface area contributed by atoms with Gasteiger partial charge in [0, 0.05) is 7.05 Å². The first-order chi connectivity index (χ1) is 6.50. The Kier molecular flexibility index (Phi) is 3.49. The van der Waals surface area contributed by atoms with Crippen LogP contribution in [0.4, 0.5) is 5.82 Å². The van der Waals surface area contributed by atoms with E-state index in [1.54, 1.807) is 7.05 Å². The third-order valence-corrected chi connectivity index (χ3v) is 1.90. The van der Waals surface area contributed by atoms with Gasteiger partial charge in [-0.3, -0.25) is 4.79 Å². The van der Waals surface area contributed by atoms with Crippen molar-refractivity contribution < 1.29 is 4.79 Å². The molecule has 0 aliphatic carbocycles. The molecule has 1 aromatic heterocycles. The Morgan fingerprint density at radius 2 is 2.29 bits per heavy atom. The van der Waals surface area contributed by atoms with E-state index < -0.39 is 5.91 Å². The van der Waals surface area contributed by atoms with Crippen molar-refractivity contribution in [1.82, 2.24) is 9.97 Å². The van der Waals surface area contributed by atoms with Gasteiger partial charge in [-0.25, -0.2) is 4.98 Å². The first kappa shape index (κ1) is 11.0. The van der Waals surface area contributed by atoms with Crippen LogP contribution in [-0.4, -0.2) is 29.5 Å². The molecule has 7 heteroatoms. The van der Waals surface area contributed by atoms with Crippen LogP contribution in [0.3, 0.4) is 0 Å². The average Bonchev–Trinajstić information content (AvgIpc) is 2.08. The molecule has 0 spiro atoms. The summed E-state index contributed by atoms with van der Waals surface area (Å²) in [4.78, 5) is 19.7. The molecule has 0 saturated heterocycles. The Morgan fingerprint density at radius 3 is 2.86 bits per heavy atom. The highest BCUT2D eigenvalue weighted by atomic mass is 35.5. The lowest BCUT2D eigenvalue weighted by Gasteiger charge is -2.16. The van der Waals surface area contributed by atoms with Crippen molar-refractivity contribution in [2.24, 2.45) is 5.73 Å². The summed E-state index contributed by atoms with van der Waals surface area (Å²) < 4.78 is 0. The molecule has 1 rings (SSSR count). The predicted molar refractivity (Wildman–Crippen MR) is 54.5 cm³/mol. The van der Waals surface area contributed by atoms with Gasteiger partial charge in [0.2, 0.25) is 11.2 Å². The van der Waals surface area contributed by atoms with Crippen LogP contribution in [0.1, 0.15) is 0 Å². The highest BCUT2D eigenvalue weighted by molar-refractivity contribution is 6.33. The normalized spacial score (nSPS) is 9.93. The van der Waals surface area contributed by atoms with Gasteiger partial charge in [-0.05, 0) is 11.6 Å². The summed E-state index contributed by atoms with van der Waals surface area (Å²) in [5.41, 5.74) is 5.02. The quantitative estimate of drug-likeness (QED) is 0.783. The Balaban J connectivity index is 2.93. The third kappa shape index (κ3) is 2.71. The van der Waals surface area contributed by atoms with Crippen LogP contribution in [0.2, 0.25) is 10.3 Å². The summed E-state index contributed by atoms with van der Waals surface area (Å²) in [5, 5.41) is 0.388. The lowest BCUT2D eigenvalue weighted by atomic mass is 10.5. The molecule has 0 unspecified atom stereocenters. The van der Waals surface area contributed by atoms with E-state index in [0.29, 0.717) is 10.8 Å². The number of anilines is 1. The molecule has 0 aliphatic rings. The molecule has 0 aliphatic heterocycles. The van der Waals surface area contributed by atoms with Crippen LogP contribution in [0, 0.1) is 0 Å². The van der Waals surface area contributed by atoms with Crippen molar-refractivity contribution in [2.45, 2.75) is 0 Å². The smallest absolute Gasteiger partial charge is 0.236 e. The SMILES string of the molecule is CN(CC(N)=O)c1nc(Cl)ncc1Cl. The molecule has 2 N–H and O–H groups in total. The van der Waals surface area contributed by atoms with Gasteiger partial charge < -0.3 is 10.6 Å². The fourth-order valence-corrected chi connectivity index (χ4v) is 1.28. The van der Waals surface area contributed by atoms with Gasteiger partial charge in [0.25, 0.3) is 0 Å². The van der Waals surface area contributed by atoms with Crippen molar-refractivity contribution >= 4 is 34.9 Å². The van der Waals surface area contributed by atoms with Gasteiger partial charge >= 0.3 is 0 Å². The molecule has 1 aromatic rings. The van der Waals surface area contributed by atoms with Crippen LogP contribution in [0.15, 0.2) is 6.20 Å². The minimum atomic E-state index is -0.474. The Bertz CT molecular complexity index is 358. The minimum Gasteiger partial charge on any atom is -0.368 e. The summed E-state index contributed by atoms with van der Waals surface area (Å²) in [5.74, 6) is -0.0937. The number of rotatable bonds is 3. The molecule has 0 fully saturated rings. The van der Waals surface area contributed by atoms with E-state index >= 15 is 0 Å². The number of likely N-dealkylation sites (N-methyl/N-ethyl adjacent to an activating group) is 1. The van der Waals surface area contributed by atoms with Crippen molar-refractivity contribution in [1.29, 1.82) is 0 Å². The number of amides is 1. The molecule has 0 atom stereocenters. The van der Waals surface area contributed by atoms with E-state index in [4.69, 9.17) is 28.9 Å². The van der Waals surface area contributed by atoms with Crippen molar-refractivity contribution in [3.8, 4) is 0 Å². The summed E-state index contributed by atoms with van der Waals surface area (Å²) in [6, 6.07) is 0. The van der Waals surface area contributed by atoms with Crippen molar-refractivity contribution in [3.63, 3.8) is 0 Å². The zero-order valence-electron chi connectivity index (χ0n) is 7.37. The zero-order chi connectivity index (χ0) is 10.7. The number of carbonyl (C=O) groups excluding carboxylic acids is 1.